The summed E-state index contributed by atoms with van der Waals surface area (Å²) >= 11 is 0. The second-order valence-electron chi connectivity index (χ2n) is 12.3. The maximum Gasteiger partial charge on any atom is 0.183 e. The smallest absolute Gasteiger partial charge is 0.183 e. The zero-order chi connectivity index (χ0) is 33.0. The maximum absolute atomic E-state index is 6.54. The van der Waals surface area contributed by atoms with Crippen molar-refractivity contribution in [3.05, 3.63) is 164 Å². The summed E-state index contributed by atoms with van der Waals surface area (Å²) in [6.45, 7) is 0. The average Bonchev–Trinajstić information content (AvgIpc) is 3.74. The Balaban J connectivity index is 1.14. The Morgan fingerprint density at radius 3 is 1.64 bits per heavy atom. The van der Waals surface area contributed by atoms with Gasteiger partial charge in [0.15, 0.2) is 17.5 Å². The van der Waals surface area contributed by atoms with Gasteiger partial charge < -0.3 is 8.98 Å². The first kappa shape index (κ1) is 28.1. The third-order valence-electron chi connectivity index (χ3n) is 9.33. The van der Waals surface area contributed by atoms with E-state index in [2.05, 4.69) is 108 Å². The molecular formula is C44H27N5O. The van der Waals surface area contributed by atoms with Gasteiger partial charge in [0.25, 0.3) is 0 Å². The Bertz CT molecular complexity index is 2800. The summed E-state index contributed by atoms with van der Waals surface area (Å²) in [6, 6.07) is 54.0. The SMILES string of the molecule is c1ccc(-c2ccc(-c3nc(-c4ccccc4)nc(-c4nccc5oc6cc(-n7c8ccccc8c8ccccc87)ccc6c45)n3)cc2)cc1. The molecule has 6 nitrogen and oxygen atoms in total. The largest absolute Gasteiger partial charge is 0.456 e. The standard InChI is InChI=1S/C44H27N5O/c1-3-11-28(12-4-1)29-19-21-31(22-20-29)43-46-42(30-13-5-2-6-14-30)47-44(48-43)41-40-35-24-23-32(27-39(35)50-38(40)25-26-45-41)49-36-17-9-7-15-33(36)34-16-8-10-18-37(34)49/h1-27H. The summed E-state index contributed by atoms with van der Waals surface area (Å²) in [6.07, 6.45) is 1.76. The van der Waals surface area contributed by atoms with Gasteiger partial charge in [-0.1, -0.05) is 121 Å². The molecule has 0 aliphatic rings. The molecule has 0 radical (unpaired) electrons. The zero-order valence-corrected chi connectivity index (χ0v) is 26.7. The summed E-state index contributed by atoms with van der Waals surface area (Å²) in [5.74, 6) is 1.65. The van der Waals surface area contributed by atoms with E-state index in [0.29, 0.717) is 23.2 Å². The lowest BCUT2D eigenvalue weighted by atomic mass is 10.0. The van der Waals surface area contributed by atoms with Gasteiger partial charge in [-0.15, -0.1) is 0 Å². The van der Waals surface area contributed by atoms with Crippen LogP contribution in [-0.4, -0.2) is 24.5 Å². The fraction of sp³-hybridized carbons (Fsp3) is 0. The summed E-state index contributed by atoms with van der Waals surface area (Å²) < 4.78 is 8.83. The van der Waals surface area contributed by atoms with Gasteiger partial charge in [0.05, 0.1) is 16.4 Å². The van der Waals surface area contributed by atoms with Crippen molar-refractivity contribution in [3.63, 3.8) is 0 Å². The van der Waals surface area contributed by atoms with Crippen LogP contribution in [0.3, 0.4) is 0 Å². The highest BCUT2D eigenvalue weighted by molar-refractivity contribution is 6.12. The van der Waals surface area contributed by atoms with Gasteiger partial charge in [-0.3, -0.25) is 4.98 Å². The number of hydrogen-bond donors (Lipinski definition) is 0. The second-order valence-corrected chi connectivity index (χ2v) is 12.3. The van der Waals surface area contributed by atoms with Crippen LogP contribution in [0.15, 0.2) is 168 Å². The Labute approximate surface area is 287 Å². The summed E-state index contributed by atoms with van der Waals surface area (Å²) in [4.78, 5) is 19.8. The van der Waals surface area contributed by atoms with Crippen molar-refractivity contribution in [1.82, 2.24) is 24.5 Å². The van der Waals surface area contributed by atoms with Crippen LogP contribution in [0.5, 0.6) is 0 Å². The molecule has 0 spiro atoms. The van der Waals surface area contributed by atoms with E-state index in [1.807, 2.05) is 54.6 Å². The lowest BCUT2D eigenvalue weighted by Crippen LogP contribution is -2.01. The highest BCUT2D eigenvalue weighted by atomic mass is 16.3. The first-order valence-electron chi connectivity index (χ1n) is 16.6. The molecule has 0 amide bonds. The van der Waals surface area contributed by atoms with Crippen LogP contribution in [0, 0.1) is 0 Å². The molecule has 10 aromatic rings. The molecular weight excluding hydrogens is 615 g/mol. The Morgan fingerprint density at radius 2 is 0.960 bits per heavy atom. The molecule has 0 unspecified atom stereocenters. The van der Waals surface area contributed by atoms with Gasteiger partial charge in [-0.25, -0.2) is 15.0 Å². The average molecular weight is 642 g/mol. The van der Waals surface area contributed by atoms with Crippen molar-refractivity contribution in [3.8, 4) is 51.1 Å². The molecule has 50 heavy (non-hydrogen) atoms. The molecule has 4 heterocycles. The van der Waals surface area contributed by atoms with E-state index in [1.165, 1.54) is 10.8 Å². The van der Waals surface area contributed by atoms with Gasteiger partial charge in [0.2, 0.25) is 0 Å². The van der Waals surface area contributed by atoms with E-state index in [1.54, 1.807) is 6.20 Å². The van der Waals surface area contributed by atoms with Gasteiger partial charge in [-0.2, -0.15) is 0 Å². The van der Waals surface area contributed by atoms with Crippen LogP contribution in [0.2, 0.25) is 0 Å². The second kappa shape index (κ2) is 11.4. The molecule has 6 heteroatoms. The summed E-state index contributed by atoms with van der Waals surface area (Å²) in [5, 5.41) is 4.25. The van der Waals surface area contributed by atoms with E-state index in [9.17, 15) is 0 Å². The third-order valence-corrected chi connectivity index (χ3v) is 9.33. The third kappa shape index (κ3) is 4.58. The first-order valence-corrected chi connectivity index (χ1v) is 16.6. The molecule has 0 aliphatic carbocycles. The van der Waals surface area contributed by atoms with Gasteiger partial charge in [0.1, 0.15) is 16.9 Å². The van der Waals surface area contributed by atoms with Crippen molar-refractivity contribution in [2.75, 3.05) is 0 Å². The number of pyridine rings is 1. The van der Waals surface area contributed by atoms with Crippen LogP contribution in [0.1, 0.15) is 0 Å². The number of aromatic nitrogens is 5. The molecule has 0 saturated carbocycles. The van der Waals surface area contributed by atoms with Gasteiger partial charge in [-0.05, 0) is 41.5 Å². The molecule has 0 atom stereocenters. The van der Waals surface area contributed by atoms with Crippen LogP contribution in [0.25, 0.3) is 94.9 Å². The van der Waals surface area contributed by atoms with E-state index in [4.69, 9.17) is 24.4 Å². The first-order chi connectivity index (χ1) is 24.8. The van der Waals surface area contributed by atoms with E-state index >= 15 is 0 Å². The minimum absolute atomic E-state index is 0.487. The number of nitrogens with zero attached hydrogens (tertiary/aromatic N) is 5. The quantitative estimate of drug-likeness (QED) is 0.187. The van der Waals surface area contributed by atoms with Gasteiger partial charge >= 0.3 is 0 Å². The molecule has 234 valence electrons. The molecule has 0 saturated heterocycles. The normalized spacial score (nSPS) is 11.6. The van der Waals surface area contributed by atoms with Crippen LogP contribution in [0.4, 0.5) is 0 Å². The summed E-state index contributed by atoms with van der Waals surface area (Å²) in [5.41, 5.74) is 9.53. The van der Waals surface area contributed by atoms with Crippen LogP contribution >= 0.6 is 0 Å². The lowest BCUT2D eigenvalue weighted by Gasteiger charge is -2.09. The van der Waals surface area contributed by atoms with Crippen molar-refractivity contribution in [2.24, 2.45) is 0 Å². The van der Waals surface area contributed by atoms with Crippen LogP contribution in [-0.2, 0) is 0 Å². The predicted octanol–water partition coefficient (Wildman–Crippen LogP) is 10.9. The van der Waals surface area contributed by atoms with Crippen molar-refractivity contribution < 1.29 is 4.42 Å². The number of benzene rings is 6. The fourth-order valence-electron chi connectivity index (χ4n) is 6.99. The number of hydrogen-bond acceptors (Lipinski definition) is 5. The van der Waals surface area contributed by atoms with Crippen molar-refractivity contribution in [1.29, 1.82) is 0 Å². The van der Waals surface area contributed by atoms with Crippen molar-refractivity contribution in [2.45, 2.75) is 0 Å². The topological polar surface area (TPSA) is 69.6 Å². The Hall–Kier alpha value is -6.92. The monoisotopic (exact) mass is 641 g/mol. The highest BCUT2D eigenvalue weighted by Crippen LogP contribution is 2.38. The molecule has 10 rings (SSSR count). The molecule has 0 N–H and O–H groups in total. The maximum atomic E-state index is 6.54. The molecule has 0 bridgehead atoms. The molecule has 6 aromatic carbocycles. The highest BCUT2D eigenvalue weighted by Gasteiger charge is 2.20. The summed E-state index contributed by atoms with van der Waals surface area (Å²) in [7, 11) is 0. The number of para-hydroxylation sites is 2. The minimum atomic E-state index is 0.487. The molecule has 0 fully saturated rings. The molecule has 4 aromatic heterocycles. The molecule has 0 aliphatic heterocycles. The Kier molecular flexibility index (Phi) is 6.39. The zero-order valence-electron chi connectivity index (χ0n) is 26.7. The van der Waals surface area contributed by atoms with E-state index < -0.39 is 0 Å². The minimum Gasteiger partial charge on any atom is -0.456 e. The number of furan rings is 1. The predicted molar refractivity (Wildman–Crippen MR) is 201 cm³/mol. The number of rotatable bonds is 5. The Morgan fingerprint density at radius 1 is 0.420 bits per heavy atom. The number of fused-ring (bicyclic) bond motifs is 6. The lowest BCUT2D eigenvalue weighted by molar-refractivity contribution is 0.668. The van der Waals surface area contributed by atoms with Crippen molar-refractivity contribution >= 4 is 43.7 Å². The van der Waals surface area contributed by atoms with Crippen LogP contribution < -0.4 is 0 Å². The van der Waals surface area contributed by atoms with Gasteiger partial charge in [0, 0.05) is 45.2 Å². The van der Waals surface area contributed by atoms with E-state index in [-0.39, 0.29) is 0 Å². The van der Waals surface area contributed by atoms with E-state index in [0.717, 1.165) is 60.9 Å². The fourth-order valence-corrected chi connectivity index (χ4v) is 6.99.